The molecular formula is C24H22N4O5S. The first-order chi connectivity index (χ1) is 16.6. The number of aromatic nitrogens is 1. The first-order valence-corrected chi connectivity index (χ1v) is 11.8. The van der Waals surface area contributed by atoms with Crippen LogP contribution in [0.5, 0.6) is 11.5 Å². The monoisotopic (exact) mass is 478 g/mol. The summed E-state index contributed by atoms with van der Waals surface area (Å²) < 4.78 is 11.4. The predicted molar refractivity (Wildman–Crippen MR) is 127 cm³/mol. The highest BCUT2D eigenvalue weighted by atomic mass is 32.1. The third-order valence-electron chi connectivity index (χ3n) is 5.51. The Balaban J connectivity index is 1.19. The summed E-state index contributed by atoms with van der Waals surface area (Å²) in [5.74, 6) is 0.404. The van der Waals surface area contributed by atoms with Gasteiger partial charge in [-0.3, -0.25) is 14.4 Å². The maximum atomic E-state index is 12.5. The highest BCUT2D eigenvalue weighted by Gasteiger charge is 2.28. The summed E-state index contributed by atoms with van der Waals surface area (Å²) in [4.78, 5) is 41.9. The number of carbonyl (C=O) groups excluding carboxylic acids is 3. The molecule has 0 saturated carbocycles. The van der Waals surface area contributed by atoms with Crippen molar-refractivity contribution in [1.82, 2.24) is 10.3 Å². The lowest BCUT2D eigenvalue weighted by Gasteiger charge is -2.13. The van der Waals surface area contributed by atoms with Gasteiger partial charge < -0.3 is 25.4 Å². The molecule has 5 rings (SSSR count). The first kappa shape index (κ1) is 21.9. The highest BCUT2D eigenvalue weighted by Crippen LogP contribution is 2.35. The van der Waals surface area contributed by atoms with Crippen molar-refractivity contribution >= 4 is 39.9 Å². The number of nitrogens with zero attached hydrogens (tertiary/aromatic N) is 1. The summed E-state index contributed by atoms with van der Waals surface area (Å²) in [5, 5.41) is 10.5. The van der Waals surface area contributed by atoms with Crippen molar-refractivity contribution in [2.45, 2.75) is 25.3 Å². The maximum absolute atomic E-state index is 12.5. The van der Waals surface area contributed by atoms with Crippen LogP contribution in [0.1, 0.15) is 29.6 Å². The molecule has 2 aromatic carbocycles. The van der Waals surface area contributed by atoms with Crippen LogP contribution < -0.4 is 25.4 Å². The molecule has 10 heteroatoms. The Morgan fingerprint density at radius 1 is 1.12 bits per heavy atom. The summed E-state index contributed by atoms with van der Waals surface area (Å²) >= 11 is 1.31. The largest absolute Gasteiger partial charge is 0.490 e. The zero-order valence-electron chi connectivity index (χ0n) is 18.1. The number of carbonyl (C=O) groups is 3. The van der Waals surface area contributed by atoms with Gasteiger partial charge in [-0.15, -0.1) is 11.3 Å². The molecule has 1 atom stereocenters. The zero-order valence-corrected chi connectivity index (χ0v) is 18.9. The average Bonchev–Trinajstić information content (AvgIpc) is 3.11. The van der Waals surface area contributed by atoms with Gasteiger partial charge in [-0.1, -0.05) is 12.1 Å². The Morgan fingerprint density at radius 3 is 2.82 bits per heavy atom. The fourth-order valence-electron chi connectivity index (χ4n) is 3.76. The van der Waals surface area contributed by atoms with E-state index in [-0.39, 0.29) is 30.6 Å². The van der Waals surface area contributed by atoms with Crippen molar-refractivity contribution in [2.75, 3.05) is 23.8 Å². The van der Waals surface area contributed by atoms with Crippen LogP contribution in [0.2, 0.25) is 0 Å². The lowest BCUT2D eigenvalue weighted by Crippen LogP contribution is -2.41. The normalized spacial score (nSPS) is 17.0. The molecule has 2 aliphatic rings. The van der Waals surface area contributed by atoms with Gasteiger partial charge in [0.2, 0.25) is 11.8 Å². The van der Waals surface area contributed by atoms with Gasteiger partial charge in [-0.2, -0.15) is 0 Å². The molecule has 0 fully saturated rings. The molecule has 174 valence electrons. The summed E-state index contributed by atoms with van der Waals surface area (Å²) in [5.41, 5.74) is 2.43. The van der Waals surface area contributed by atoms with Crippen LogP contribution in [0.15, 0.2) is 47.8 Å². The molecule has 1 aromatic heterocycles. The van der Waals surface area contributed by atoms with E-state index in [0.717, 1.165) is 12.0 Å². The smallest absolute Gasteiger partial charge is 0.254 e. The summed E-state index contributed by atoms with van der Waals surface area (Å²) in [7, 11) is 0. The Morgan fingerprint density at radius 2 is 1.94 bits per heavy atom. The Labute approximate surface area is 199 Å². The fourth-order valence-corrected chi connectivity index (χ4v) is 4.49. The molecule has 0 aliphatic carbocycles. The van der Waals surface area contributed by atoms with Crippen LogP contribution in [0, 0.1) is 0 Å². The molecule has 34 heavy (non-hydrogen) atoms. The lowest BCUT2D eigenvalue weighted by atomic mass is 10.1. The van der Waals surface area contributed by atoms with E-state index < -0.39 is 6.04 Å². The molecule has 0 spiro atoms. The molecule has 3 N–H and O–H groups in total. The van der Waals surface area contributed by atoms with Crippen LogP contribution in [0.25, 0.3) is 11.3 Å². The van der Waals surface area contributed by atoms with Gasteiger partial charge in [0.25, 0.3) is 5.91 Å². The second-order valence-corrected chi connectivity index (χ2v) is 8.76. The molecular weight excluding hydrogens is 456 g/mol. The second kappa shape index (κ2) is 9.52. The van der Waals surface area contributed by atoms with Crippen molar-refractivity contribution in [3.63, 3.8) is 0 Å². The third kappa shape index (κ3) is 4.72. The quantitative estimate of drug-likeness (QED) is 0.517. The van der Waals surface area contributed by atoms with E-state index in [9.17, 15) is 14.4 Å². The van der Waals surface area contributed by atoms with E-state index >= 15 is 0 Å². The van der Waals surface area contributed by atoms with Crippen molar-refractivity contribution in [3.8, 4) is 22.8 Å². The average molecular weight is 479 g/mol. The molecule has 0 saturated heterocycles. The minimum absolute atomic E-state index is 0.0493. The Bertz CT molecular complexity index is 1260. The summed E-state index contributed by atoms with van der Waals surface area (Å²) in [6.07, 6.45) is 1.04. The molecule has 9 nitrogen and oxygen atoms in total. The highest BCUT2D eigenvalue weighted by molar-refractivity contribution is 7.14. The van der Waals surface area contributed by atoms with Gasteiger partial charge in [0.1, 0.15) is 6.04 Å². The topological polar surface area (TPSA) is 119 Å². The van der Waals surface area contributed by atoms with Crippen molar-refractivity contribution < 1.29 is 23.9 Å². The number of fused-ring (bicyclic) bond motifs is 2. The molecule has 0 radical (unpaired) electrons. The standard InChI is InChI=1S/C24H22N4O5S/c29-21(9-7-17-23(31)25-16-5-2-1-4-15(16)22(30)26-17)28-24-27-18(13-34-24)14-6-8-19-20(12-14)33-11-3-10-32-19/h1-2,4-6,8,12-13,17H,3,7,9-11H2,(H,25,31)(H,26,30)(H,27,28,29). The number of hydrogen-bond acceptors (Lipinski definition) is 7. The number of rotatable bonds is 5. The minimum Gasteiger partial charge on any atom is -0.490 e. The van der Waals surface area contributed by atoms with E-state index in [1.807, 2.05) is 23.6 Å². The van der Waals surface area contributed by atoms with E-state index in [4.69, 9.17) is 9.47 Å². The Hall–Kier alpha value is -3.92. The summed E-state index contributed by atoms with van der Waals surface area (Å²) in [6.45, 7) is 1.22. The number of para-hydroxylation sites is 1. The van der Waals surface area contributed by atoms with Crippen LogP contribution in [0.3, 0.4) is 0 Å². The number of thiazole rings is 1. The van der Waals surface area contributed by atoms with Crippen molar-refractivity contribution in [3.05, 3.63) is 53.4 Å². The fraction of sp³-hybridized carbons (Fsp3) is 0.250. The number of ether oxygens (including phenoxy) is 2. The van der Waals surface area contributed by atoms with E-state index in [1.165, 1.54) is 11.3 Å². The number of benzene rings is 2. The molecule has 0 bridgehead atoms. The van der Waals surface area contributed by atoms with Crippen LogP contribution in [-0.4, -0.2) is 42.0 Å². The van der Waals surface area contributed by atoms with Crippen molar-refractivity contribution in [1.29, 1.82) is 0 Å². The van der Waals surface area contributed by atoms with Gasteiger partial charge in [0.05, 0.1) is 30.2 Å². The predicted octanol–water partition coefficient (Wildman–Crippen LogP) is 3.44. The van der Waals surface area contributed by atoms with E-state index in [0.29, 0.717) is 46.8 Å². The second-order valence-electron chi connectivity index (χ2n) is 7.90. The van der Waals surface area contributed by atoms with Crippen LogP contribution in [0.4, 0.5) is 10.8 Å². The van der Waals surface area contributed by atoms with Gasteiger partial charge >= 0.3 is 0 Å². The van der Waals surface area contributed by atoms with Crippen LogP contribution >= 0.6 is 11.3 Å². The number of amides is 3. The first-order valence-electron chi connectivity index (χ1n) is 10.9. The molecule has 3 amide bonds. The molecule has 3 aromatic rings. The van der Waals surface area contributed by atoms with Gasteiger partial charge in [-0.25, -0.2) is 4.98 Å². The van der Waals surface area contributed by atoms with E-state index in [2.05, 4.69) is 20.9 Å². The minimum atomic E-state index is -0.806. The van der Waals surface area contributed by atoms with E-state index in [1.54, 1.807) is 24.3 Å². The summed E-state index contributed by atoms with van der Waals surface area (Å²) in [6, 6.07) is 11.6. The van der Waals surface area contributed by atoms with Gasteiger partial charge in [0.15, 0.2) is 16.6 Å². The zero-order chi connectivity index (χ0) is 23.5. The number of anilines is 2. The molecule has 2 aliphatic heterocycles. The Kier molecular flexibility index (Phi) is 6.13. The molecule has 3 heterocycles. The van der Waals surface area contributed by atoms with Crippen LogP contribution in [-0.2, 0) is 9.59 Å². The van der Waals surface area contributed by atoms with Crippen molar-refractivity contribution in [2.24, 2.45) is 0 Å². The lowest BCUT2D eigenvalue weighted by molar-refractivity contribution is -0.118. The van der Waals surface area contributed by atoms with Gasteiger partial charge in [0, 0.05) is 23.8 Å². The third-order valence-corrected chi connectivity index (χ3v) is 6.26. The SMILES string of the molecule is O=C(CCC1NC(=O)c2ccccc2NC1=O)Nc1nc(-c2ccc3c(c2)OCCCO3)cs1. The molecule has 1 unspecified atom stereocenters. The number of nitrogens with one attached hydrogen (secondary N) is 3. The maximum Gasteiger partial charge on any atom is 0.254 e. The van der Waals surface area contributed by atoms with Gasteiger partial charge in [-0.05, 0) is 36.8 Å². The number of hydrogen-bond donors (Lipinski definition) is 3.